The fourth-order valence-corrected chi connectivity index (χ4v) is 0. The van der Waals surface area contributed by atoms with E-state index in [2.05, 4.69) is 11.8 Å². The Bertz CT molecular complexity index is 30.4. The van der Waals surface area contributed by atoms with Crippen molar-refractivity contribution >= 4 is 11.8 Å². The van der Waals surface area contributed by atoms with E-state index in [1.165, 1.54) is 0 Å². The number of hydrogen-bond donors (Lipinski definition) is 5. The van der Waals surface area contributed by atoms with Gasteiger partial charge in [0.25, 0.3) is 0 Å². The third-order valence-electron chi connectivity index (χ3n) is 0. The zero-order chi connectivity index (χ0) is 4.50. The second-order valence-corrected chi connectivity index (χ2v) is 2.18. The summed E-state index contributed by atoms with van der Waals surface area (Å²) in [6, 6.07) is 0. The summed E-state index contributed by atoms with van der Waals surface area (Å²) >= 11 is 6.24. The van der Waals surface area contributed by atoms with E-state index in [1.807, 2.05) is 19.4 Å². The molecular weight excluding hydrogens is 244 g/mol. The van der Waals surface area contributed by atoms with E-state index < -0.39 is 2.96 Å². The van der Waals surface area contributed by atoms with Crippen molar-refractivity contribution in [2.24, 2.45) is 0 Å². The van der Waals surface area contributed by atoms with Gasteiger partial charge in [0.05, 0.1) is 0 Å². The van der Waals surface area contributed by atoms with Crippen LogP contribution in [0.25, 0.3) is 0 Å². The first-order valence-corrected chi connectivity index (χ1v) is 1.73. The minimum atomic E-state index is -1.93. The Balaban J connectivity index is -0.0000000133. The van der Waals surface area contributed by atoms with Crippen LogP contribution in [0.3, 0.4) is 0 Å². The number of hydrogen-bond acceptors (Lipinski definition) is 6. The van der Waals surface area contributed by atoms with E-state index >= 15 is 0 Å². The molecule has 13 N–H and O–H groups in total. The predicted octanol–water partition coefficient (Wildman–Crippen LogP) is 0.954. The van der Waals surface area contributed by atoms with Gasteiger partial charge in [-0.1, -0.05) is 0 Å². The maximum atomic E-state index is 9.30. The van der Waals surface area contributed by atoms with E-state index in [-0.39, 0.29) is 24.6 Å². The normalized spacial score (nSPS) is 12.1. The molecule has 0 amide bonds. The van der Waals surface area contributed by atoms with Crippen LogP contribution in [-0.4, -0.2) is 8.17 Å². The summed E-state index contributed by atoms with van der Waals surface area (Å²) < 4.78 is -1.93. The van der Waals surface area contributed by atoms with Crippen LogP contribution >= 0.6 is 11.8 Å². The van der Waals surface area contributed by atoms with Crippen molar-refractivity contribution in [2.45, 2.75) is 0 Å². The molecule has 9 heteroatoms. The van der Waals surface area contributed by atoms with Crippen LogP contribution in [0.2, 0.25) is 0 Å². The Morgan fingerprint density at radius 1 is 1.22 bits per heavy atom. The standard InChI is InChI=1S/ClHNO2.4H3N.Pd/c1-2(3)4;;;;;/h3H;4*1H3;/q-1;;;;;+1. The predicted molar refractivity (Wildman–Crippen MR) is 31.4 cm³/mol. The van der Waals surface area contributed by atoms with Crippen molar-refractivity contribution in [2.75, 3.05) is 0 Å². The van der Waals surface area contributed by atoms with E-state index in [1.54, 1.807) is 0 Å². The molecule has 0 aromatic carbocycles. The van der Waals surface area contributed by atoms with E-state index in [0.29, 0.717) is 0 Å². The molecule has 0 aromatic heterocycles. The van der Waals surface area contributed by atoms with E-state index in [4.69, 9.17) is 5.21 Å². The van der Waals surface area contributed by atoms with Gasteiger partial charge in [-0.3, -0.25) is 0 Å². The molecule has 0 aliphatic rings. The third kappa shape index (κ3) is 854. The Hall–Kier alpha value is 0.672. The van der Waals surface area contributed by atoms with Gasteiger partial charge >= 0.3 is 44.6 Å². The first-order chi connectivity index (χ1) is 2.00. The number of halogens is 1. The molecule has 0 saturated heterocycles. The van der Waals surface area contributed by atoms with Gasteiger partial charge in [0.2, 0.25) is 0 Å². The Morgan fingerprint density at radius 2 is 1.22 bits per heavy atom. The van der Waals surface area contributed by atoms with Gasteiger partial charge in [0.1, 0.15) is 0 Å². The molecule has 67 valence electrons. The van der Waals surface area contributed by atoms with Crippen molar-refractivity contribution in [3.8, 4) is 0 Å². The quantitative estimate of drug-likeness (QED) is 0.244. The molecular formula is H13ClN5O2Pd. The summed E-state index contributed by atoms with van der Waals surface area (Å²) in [4.78, 5) is 0. The van der Waals surface area contributed by atoms with Crippen LogP contribution in [0.5, 0.6) is 0 Å². The molecule has 0 aromatic rings. The summed E-state index contributed by atoms with van der Waals surface area (Å²) in [6.07, 6.45) is 0. The Morgan fingerprint density at radius 3 is 1.22 bits per heavy atom. The third-order valence-corrected chi connectivity index (χ3v) is 0. The van der Waals surface area contributed by atoms with Crippen LogP contribution in [0, 0.1) is 5.21 Å². The van der Waals surface area contributed by atoms with Crippen molar-refractivity contribution in [3.05, 3.63) is 5.21 Å². The number of quaternary nitrogens is 1. The monoisotopic (exact) mass is 256 g/mol. The molecule has 0 saturated carbocycles. The van der Waals surface area contributed by atoms with Crippen molar-refractivity contribution in [3.63, 3.8) is 0 Å². The topological polar surface area (TPSA) is 183 Å². The Kier molecular flexibility index (Phi) is 42.5. The van der Waals surface area contributed by atoms with Crippen LogP contribution in [0.15, 0.2) is 0 Å². The molecule has 0 spiro atoms. The molecule has 0 aliphatic heterocycles. The van der Waals surface area contributed by atoms with Crippen LogP contribution < -0.4 is 24.6 Å². The zero-order valence-corrected chi connectivity index (χ0v) is 7.14. The van der Waals surface area contributed by atoms with Crippen LogP contribution in [0.4, 0.5) is 0 Å². The molecule has 9 heavy (non-hydrogen) atoms. The molecule has 1 unspecified atom stereocenters. The van der Waals surface area contributed by atoms with Gasteiger partial charge in [-0.15, -0.1) is 0 Å². The van der Waals surface area contributed by atoms with Crippen LogP contribution in [-0.2, 0) is 19.4 Å². The number of rotatable bonds is 0. The maximum absolute atomic E-state index is 9.30. The summed E-state index contributed by atoms with van der Waals surface area (Å²) in [5.41, 5.74) is 0. The van der Waals surface area contributed by atoms with Gasteiger partial charge in [-0.05, 0) is 0 Å². The van der Waals surface area contributed by atoms with Crippen molar-refractivity contribution in [1.82, 2.24) is 24.6 Å². The second kappa shape index (κ2) is 11.5. The zero-order valence-electron chi connectivity index (χ0n) is 4.83. The van der Waals surface area contributed by atoms with Crippen molar-refractivity contribution in [1.29, 1.82) is 0 Å². The molecule has 0 bridgehead atoms. The summed E-state index contributed by atoms with van der Waals surface area (Å²) in [6.45, 7) is 0. The average Bonchev–Trinajstić information content (AvgIpc) is 0.722. The SMILES string of the molecule is N.N.N.N.[O-][N+](O)(Cl)[Pd]. The fraction of sp³-hybridized carbons (Fsp3) is 0. The Labute approximate surface area is 69.6 Å². The summed E-state index contributed by atoms with van der Waals surface area (Å²) in [5, 5.41) is 16.9. The summed E-state index contributed by atoms with van der Waals surface area (Å²) in [5.74, 6) is 0. The molecule has 0 fully saturated rings. The van der Waals surface area contributed by atoms with Gasteiger partial charge in [0, 0.05) is 0 Å². The molecule has 0 heterocycles. The molecule has 0 rings (SSSR count). The van der Waals surface area contributed by atoms with E-state index in [9.17, 15) is 5.21 Å². The molecule has 0 radical (unpaired) electrons. The fourth-order valence-electron chi connectivity index (χ4n) is 0. The average molecular weight is 257 g/mol. The number of nitrogens with zero attached hydrogens (tertiary/aromatic N) is 1. The van der Waals surface area contributed by atoms with E-state index in [0.717, 1.165) is 0 Å². The van der Waals surface area contributed by atoms with Gasteiger partial charge in [-0.25, -0.2) is 0 Å². The van der Waals surface area contributed by atoms with Gasteiger partial charge in [0.15, 0.2) is 0 Å². The molecule has 7 nitrogen and oxygen atoms in total. The van der Waals surface area contributed by atoms with Gasteiger partial charge in [-0.2, -0.15) is 0 Å². The molecule has 1 atom stereocenters. The second-order valence-electron chi connectivity index (χ2n) is 0.401. The minimum absolute atomic E-state index is 0. The summed E-state index contributed by atoms with van der Waals surface area (Å²) in [7, 11) is 0. The van der Waals surface area contributed by atoms with Crippen molar-refractivity contribution < 1.29 is 27.6 Å². The first-order valence-electron chi connectivity index (χ1n) is 0.693. The molecule has 0 aliphatic carbocycles. The van der Waals surface area contributed by atoms with Crippen LogP contribution in [0.1, 0.15) is 0 Å². The van der Waals surface area contributed by atoms with Gasteiger partial charge < -0.3 is 24.6 Å². The first kappa shape index (κ1) is 33.3.